The normalized spacial score (nSPS) is 12.4. The van der Waals surface area contributed by atoms with Gasteiger partial charge in [0, 0.05) is 18.0 Å². The number of anilines is 1. The van der Waals surface area contributed by atoms with Crippen LogP contribution in [0.4, 0.5) is 5.82 Å². The number of aldehydes is 1. The average molecular weight is 256 g/mol. The summed E-state index contributed by atoms with van der Waals surface area (Å²) in [6.07, 6.45) is 1.93. The molecule has 0 radical (unpaired) electrons. The van der Waals surface area contributed by atoms with E-state index in [2.05, 4.69) is 30.7 Å². The minimum atomic E-state index is 0.373. The van der Waals surface area contributed by atoms with E-state index in [0.717, 1.165) is 36.0 Å². The number of hydrogen-bond acceptors (Lipinski definition) is 3. The van der Waals surface area contributed by atoms with Crippen molar-refractivity contribution in [3.05, 3.63) is 35.9 Å². The van der Waals surface area contributed by atoms with Crippen LogP contribution in [0.5, 0.6) is 0 Å². The molecular weight excluding hydrogens is 236 g/mol. The lowest BCUT2D eigenvalue weighted by Gasteiger charge is -2.29. The van der Waals surface area contributed by atoms with Gasteiger partial charge in [0.05, 0.1) is 11.1 Å². The maximum atomic E-state index is 11.3. The summed E-state index contributed by atoms with van der Waals surface area (Å²) in [6, 6.07) is 10.2. The average Bonchev–Trinajstić information content (AvgIpc) is 2.46. The van der Waals surface area contributed by atoms with Gasteiger partial charge >= 0.3 is 0 Å². The summed E-state index contributed by atoms with van der Waals surface area (Å²) in [7, 11) is 0. The first kappa shape index (κ1) is 13.5. The zero-order valence-electron chi connectivity index (χ0n) is 11.8. The van der Waals surface area contributed by atoms with Crippen molar-refractivity contribution in [1.29, 1.82) is 0 Å². The van der Waals surface area contributed by atoms with E-state index >= 15 is 0 Å². The first-order chi connectivity index (χ1) is 9.21. The fourth-order valence-electron chi connectivity index (χ4n) is 2.33. The number of benzene rings is 1. The number of carbonyl (C=O) groups excluding carboxylic acids is 1. The van der Waals surface area contributed by atoms with E-state index in [1.54, 1.807) is 0 Å². The van der Waals surface area contributed by atoms with E-state index < -0.39 is 0 Å². The summed E-state index contributed by atoms with van der Waals surface area (Å²) in [5.74, 6) is 0.797. The van der Waals surface area contributed by atoms with Crippen molar-refractivity contribution < 1.29 is 4.79 Å². The third-order valence-corrected chi connectivity index (χ3v) is 3.59. The van der Waals surface area contributed by atoms with Crippen molar-refractivity contribution in [2.75, 3.05) is 11.4 Å². The maximum absolute atomic E-state index is 11.3. The second kappa shape index (κ2) is 5.83. The summed E-state index contributed by atoms with van der Waals surface area (Å²) >= 11 is 0. The van der Waals surface area contributed by atoms with E-state index in [1.165, 1.54) is 0 Å². The van der Waals surface area contributed by atoms with Gasteiger partial charge in [-0.25, -0.2) is 4.98 Å². The molecule has 0 bridgehead atoms. The van der Waals surface area contributed by atoms with Crippen LogP contribution in [0.2, 0.25) is 0 Å². The minimum absolute atomic E-state index is 0.373. The van der Waals surface area contributed by atoms with Gasteiger partial charge in [0.1, 0.15) is 5.82 Å². The fourth-order valence-corrected chi connectivity index (χ4v) is 2.33. The molecule has 3 nitrogen and oxygen atoms in total. The van der Waals surface area contributed by atoms with Crippen LogP contribution >= 0.6 is 0 Å². The first-order valence-corrected chi connectivity index (χ1v) is 6.82. The quantitative estimate of drug-likeness (QED) is 0.765. The summed E-state index contributed by atoms with van der Waals surface area (Å²) in [6.45, 7) is 7.25. The molecule has 2 aromatic rings. The van der Waals surface area contributed by atoms with Crippen molar-refractivity contribution in [2.24, 2.45) is 0 Å². The van der Waals surface area contributed by atoms with E-state index in [9.17, 15) is 4.79 Å². The molecule has 0 aliphatic heterocycles. The highest BCUT2D eigenvalue weighted by Crippen LogP contribution is 2.24. The molecule has 100 valence electrons. The Kier molecular flexibility index (Phi) is 4.15. The highest BCUT2D eigenvalue weighted by Gasteiger charge is 2.16. The minimum Gasteiger partial charge on any atom is -0.354 e. The lowest BCUT2D eigenvalue weighted by molar-refractivity contribution is 0.112. The Labute approximate surface area is 114 Å². The topological polar surface area (TPSA) is 33.2 Å². The van der Waals surface area contributed by atoms with Gasteiger partial charge in [-0.15, -0.1) is 0 Å². The molecule has 3 heteroatoms. The number of aromatic nitrogens is 1. The Morgan fingerprint density at radius 1 is 1.32 bits per heavy atom. The van der Waals surface area contributed by atoms with Crippen molar-refractivity contribution in [1.82, 2.24) is 4.98 Å². The predicted molar refractivity (Wildman–Crippen MR) is 79.9 cm³/mol. The molecule has 0 aliphatic carbocycles. The highest BCUT2D eigenvalue weighted by atomic mass is 16.1. The van der Waals surface area contributed by atoms with Gasteiger partial charge in [-0.1, -0.05) is 25.1 Å². The number of carbonyl (C=O) groups is 1. The van der Waals surface area contributed by atoms with Gasteiger partial charge < -0.3 is 4.90 Å². The van der Waals surface area contributed by atoms with E-state index in [1.807, 2.05) is 30.3 Å². The molecule has 1 aromatic heterocycles. The monoisotopic (exact) mass is 256 g/mol. The summed E-state index contributed by atoms with van der Waals surface area (Å²) < 4.78 is 0. The largest absolute Gasteiger partial charge is 0.354 e. The van der Waals surface area contributed by atoms with Crippen molar-refractivity contribution in [3.63, 3.8) is 0 Å². The predicted octanol–water partition coefficient (Wildman–Crippen LogP) is 3.67. The molecule has 0 amide bonds. The number of pyridine rings is 1. The summed E-state index contributed by atoms with van der Waals surface area (Å²) in [4.78, 5) is 18.2. The molecule has 0 aliphatic rings. The van der Waals surface area contributed by atoms with Gasteiger partial charge in [-0.05, 0) is 32.4 Å². The summed E-state index contributed by atoms with van der Waals surface area (Å²) in [5, 5.41) is 1.01. The fraction of sp³-hybridized carbons (Fsp3) is 0.375. The third-order valence-electron chi connectivity index (χ3n) is 3.59. The molecule has 0 fully saturated rings. The molecule has 0 saturated carbocycles. The van der Waals surface area contributed by atoms with Gasteiger partial charge in [-0.3, -0.25) is 4.79 Å². The Bertz CT molecular complexity index is 580. The molecule has 2 rings (SSSR count). The van der Waals surface area contributed by atoms with Crippen LogP contribution in [-0.2, 0) is 0 Å². The molecular formula is C16H20N2O. The molecule has 0 saturated heterocycles. The molecule has 1 heterocycles. The zero-order chi connectivity index (χ0) is 13.8. The Morgan fingerprint density at radius 2 is 2.05 bits per heavy atom. The Morgan fingerprint density at radius 3 is 2.68 bits per heavy atom. The van der Waals surface area contributed by atoms with Crippen molar-refractivity contribution >= 4 is 23.0 Å². The highest BCUT2D eigenvalue weighted by molar-refractivity contribution is 5.91. The van der Waals surface area contributed by atoms with E-state index in [-0.39, 0.29) is 0 Å². The first-order valence-electron chi connectivity index (χ1n) is 6.82. The molecule has 1 atom stereocenters. The molecule has 1 unspecified atom stereocenters. The molecule has 19 heavy (non-hydrogen) atoms. The van der Waals surface area contributed by atoms with Gasteiger partial charge in [-0.2, -0.15) is 0 Å². The van der Waals surface area contributed by atoms with Gasteiger partial charge in [0.15, 0.2) is 6.29 Å². The second-order valence-electron chi connectivity index (χ2n) is 4.76. The van der Waals surface area contributed by atoms with Crippen LogP contribution in [0.25, 0.3) is 10.9 Å². The number of rotatable bonds is 5. The zero-order valence-corrected chi connectivity index (χ0v) is 11.8. The van der Waals surface area contributed by atoms with Crippen LogP contribution in [0.1, 0.15) is 37.6 Å². The summed E-state index contributed by atoms with van der Waals surface area (Å²) in [5.41, 5.74) is 1.60. The van der Waals surface area contributed by atoms with E-state index in [0.29, 0.717) is 11.6 Å². The second-order valence-corrected chi connectivity index (χ2v) is 4.76. The van der Waals surface area contributed by atoms with Crippen molar-refractivity contribution in [3.8, 4) is 0 Å². The van der Waals surface area contributed by atoms with Crippen LogP contribution < -0.4 is 4.90 Å². The number of fused-ring (bicyclic) bond motifs is 1. The van der Waals surface area contributed by atoms with Crippen LogP contribution in [0.3, 0.4) is 0 Å². The SMILES string of the molecule is CCC(C)N(CC)c1nc2ccccc2cc1C=O. The standard InChI is InChI=1S/C16H20N2O/c1-4-12(3)18(5-2)16-14(11-19)10-13-8-6-7-9-15(13)17-16/h6-12H,4-5H2,1-3H3. The van der Waals surface area contributed by atoms with Gasteiger partial charge in [0.25, 0.3) is 0 Å². The Balaban J connectivity index is 2.59. The molecule has 0 N–H and O–H groups in total. The van der Waals surface area contributed by atoms with Crippen molar-refractivity contribution in [2.45, 2.75) is 33.2 Å². The van der Waals surface area contributed by atoms with E-state index in [4.69, 9.17) is 0 Å². The lowest BCUT2D eigenvalue weighted by atomic mass is 10.1. The number of nitrogens with zero attached hydrogens (tertiary/aromatic N) is 2. The van der Waals surface area contributed by atoms with Gasteiger partial charge in [0.2, 0.25) is 0 Å². The lowest BCUT2D eigenvalue weighted by Crippen LogP contribution is -2.33. The van der Waals surface area contributed by atoms with Crippen LogP contribution in [-0.4, -0.2) is 23.9 Å². The smallest absolute Gasteiger partial charge is 0.153 e. The number of para-hydroxylation sites is 1. The van der Waals surface area contributed by atoms with Crippen LogP contribution in [0.15, 0.2) is 30.3 Å². The third kappa shape index (κ3) is 2.60. The molecule has 0 spiro atoms. The molecule has 1 aromatic carbocycles. The maximum Gasteiger partial charge on any atom is 0.153 e. The van der Waals surface area contributed by atoms with Crippen LogP contribution in [0, 0.1) is 0 Å². The number of hydrogen-bond donors (Lipinski definition) is 0. The Hall–Kier alpha value is -1.90.